The summed E-state index contributed by atoms with van der Waals surface area (Å²) in [7, 11) is 0. The summed E-state index contributed by atoms with van der Waals surface area (Å²) in [5.74, 6) is 0. The van der Waals surface area contributed by atoms with E-state index in [1.807, 2.05) is 37.4 Å². The highest BCUT2D eigenvalue weighted by atomic mass is 16.6. The van der Waals surface area contributed by atoms with Crippen molar-refractivity contribution < 1.29 is 4.92 Å². The third-order valence-corrected chi connectivity index (χ3v) is 2.90. The van der Waals surface area contributed by atoms with Gasteiger partial charge in [-0.25, -0.2) is 0 Å². The highest BCUT2D eigenvalue weighted by molar-refractivity contribution is 5.83. The molecule has 0 spiro atoms. The number of aromatic amines is 1. The van der Waals surface area contributed by atoms with Crippen molar-refractivity contribution >= 4 is 10.9 Å². The van der Waals surface area contributed by atoms with Crippen LogP contribution in [-0.2, 0) is 6.42 Å². The smallest absolute Gasteiger partial charge is 0.216 e. The minimum atomic E-state index is -0.487. The van der Waals surface area contributed by atoms with Gasteiger partial charge in [-0.2, -0.15) is 0 Å². The molecule has 1 N–H and O–H groups in total. The van der Waals surface area contributed by atoms with Crippen LogP contribution in [0, 0.1) is 10.1 Å². The maximum absolute atomic E-state index is 10.8. The summed E-state index contributed by atoms with van der Waals surface area (Å²) in [6.07, 6.45) is 2.93. The molecule has 0 saturated heterocycles. The van der Waals surface area contributed by atoms with E-state index in [2.05, 4.69) is 4.98 Å². The van der Waals surface area contributed by atoms with Gasteiger partial charge in [0.2, 0.25) is 6.04 Å². The van der Waals surface area contributed by atoms with Gasteiger partial charge in [-0.15, -0.1) is 0 Å². The van der Waals surface area contributed by atoms with Gasteiger partial charge in [0.05, 0.1) is 0 Å². The van der Waals surface area contributed by atoms with Crippen molar-refractivity contribution in [2.45, 2.75) is 25.8 Å². The molecule has 2 aromatic rings. The van der Waals surface area contributed by atoms with E-state index in [0.717, 1.165) is 16.5 Å². The number of aromatic nitrogens is 1. The van der Waals surface area contributed by atoms with Crippen LogP contribution in [0.4, 0.5) is 0 Å². The van der Waals surface area contributed by atoms with Crippen LogP contribution in [0.5, 0.6) is 0 Å². The first-order valence-electron chi connectivity index (χ1n) is 5.41. The molecule has 4 heteroatoms. The number of para-hydroxylation sites is 1. The molecule has 0 amide bonds. The lowest BCUT2D eigenvalue weighted by Crippen LogP contribution is -2.20. The van der Waals surface area contributed by atoms with Crippen LogP contribution in [0.2, 0.25) is 0 Å². The molecule has 0 fully saturated rings. The number of benzene rings is 1. The third-order valence-electron chi connectivity index (χ3n) is 2.90. The highest BCUT2D eigenvalue weighted by Crippen LogP contribution is 2.20. The maximum Gasteiger partial charge on any atom is 0.216 e. The molecule has 1 heterocycles. The zero-order valence-corrected chi connectivity index (χ0v) is 9.14. The summed E-state index contributed by atoms with van der Waals surface area (Å²) in [5.41, 5.74) is 2.06. The molecule has 4 nitrogen and oxygen atoms in total. The average molecular weight is 218 g/mol. The number of nitro groups is 1. The molecule has 0 aliphatic heterocycles. The van der Waals surface area contributed by atoms with Crippen LogP contribution in [0.15, 0.2) is 30.5 Å². The number of hydrogen-bond donors (Lipinski definition) is 1. The van der Waals surface area contributed by atoms with E-state index >= 15 is 0 Å². The van der Waals surface area contributed by atoms with Crippen LogP contribution in [0.1, 0.15) is 18.9 Å². The second-order valence-corrected chi connectivity index (χ2v) is 3.91. The quantitative estimate of drug-likeness (QED) is 0.633. The molecule has 0 unspecified atom stereocenters. The van der Waals surface area contributed by atoms with Crippen LogP contribution in [0.25, 0.3) is 10.9 Å². The first kappa shape index (κ1) is 10.7. The number of nitrogens with one attached hydrogen (secondary N) is 1. The molecule has 0 saturated carbocycles. The fourth-order valence-corrected chi connectivity index (χ4v) is 1.92. The van der Waals surface area contributed by atoms with Gasteiger partial charge in [-0.1, -0.05) is 25.1 Å². The Balaban J connectivity index is 2.30. The molecular weight excluding hydrogens is 204 g/mol. The number of rotatable bonds is 4. The molecule has 1 aromatic carbocycles. The van der Waals surface area contributed by atoms with E-state index in [4.69, 9.17) is 0 Å². The Morgan fingerprint density at radius 1 is 1.44 bits per heavy atom. The monoisotopic (exact) mass is 218 g/mol. The number of fused-ring (bicyclic) bond motifs is 1. The summed E-state index contributed by atoms with van der Waals surface area (Å²) in [6.45, 7) is 1.85. The second-order valence-electron chi connectivity index (χ2n) is 3.91. The van der Waals surface area contributed by atoms with Gasteiger partial charge in [0.15, 0.2) is 0 Å². The van der Waals surface area contributed by atoms with Crippen molar-refractivity contribution in [3.05, 3.63) is 46.1 Å². The second kappa shape index (κ2) is 4.35. The Bertz CT molecular complexity index is 504. The van der Waals surface area contributed by atoms with Gasteiger partial charge in [0.1, 0.15) is 0 Å². The van der Waals surface area contributed by atoms with Gasteiger partial charge < -0.3 is 4.98 Å². The Morgan fingerprint density at radius 3 is 2.88 bits per heavy atom. The highest BCUT2D eigenvalue weighted by Gasteiger charge is 2.19. The van der Waals surface area contributed by atoms with E-state index < -0.39 is 6.04 Å². The van der Waals surface area contributed by atoms with Crippen molar-refractivity contribution in [2.75, 3.05) is 0 Å². The molecule has 1 atom stereocenters. The van der Waals surface area contributed by atoms with Gasteiger partial charge in [-0.3, -0.25) is 10.1 Å². The van der Waals surface area contributed by atoms with Gasteiger partial charge in [0, 0.05) is 34.9 Å². The van der Waals surface area contributed by atoms with Crippen molar-refractivity contribution in [3.63, 3.8) is 0 Å². The maximum atomic E-state index is 10.8. The molecule has 0 aliphatic rings. The van der Waals surface area contributed by atoms with Crippen molar-refractivity contribution in [3.8, 4) is 0 Å². The molecule has 84 valence electrons. The molecule has 16 heavy (non-hydrogen) atoms. The summed E-state index contributed by atoms with van der Waals surface area (Å²) >= 11 is 0. The zero-order valence-electron chi connectivity index (χ0n) is 9.14. The summed E-state index contributed by atoms with van der Waals surface area (Å²) in [4.78, 5) is 13.7. The van der Waals surface area contributed by atoms with Gasteiger partial charge >= 0.3 is 0 Å². The molecule has 0 radical (unpaired) electrons. The Morgan fingerprint density at radius 2 is 2.19 bits per heavy atom. The predicted octanol–water partition coefficient (Wildman–Crippen LogP) is 2.77. The minimum Gasteiger partial charge on any atom is -0.361 e. The van der Waals surface area contributed by atoms with Crippen LogP contribution >= 0.6 is 0 Å². The van der Waals surface area contributed by atoms with Crippen LogP contribution < -0.4 is 0 Å². The SMILES string of the molecule is CC[C@@H](Cc1c[nH]c2ccccc12)[N+](=O)[O-]. The molecule has 0 aliphatic carbocycles. The fourth-order valence-electron chi connectivity index (χ4n) is 1.92. The number of nitrogens with zero attached hydrogens (tertiary/aromatic N) is 1. The van der Waals surface area contributed by atoms with E-state index in [9.17, 15) is 10.1 Å². The molecular formula is C12H14N2O2. The van der Waals surface area contributed by atoms with Gasteiger partial charge in [-0.05, 0) is 11.6 Å². The Kier molecular flexibility index (Phi) is 2.90. The third kappa shape index (κ3) is 1.91. The lowest BCUT2D eigenvalue weighted by molar-refractivity contribution is -0.522. The Hall–Kier alpha value is -1.84. The number of hydrogen-bond acceptors (Lipinski definition) is 2. The van der Waals surface area contributed by atoms with Crippen molar-refractivity contribution in [1.82, 2.24) is 4.98 Å². The topological polar surface area (TPSA) is 58.9 Å². The molecule has 0 bridgehead atoms. The van der Waals surface area contributed by atoms with E-state index in [0.29, 0.717) is 12.8 Å². The first-order chi connectivity index (χ1) is 7.72. The summed E-state index contributed by atoms with van der Waals surface area (Å²) < 4.78 is 0. The van der Waals surface area contributed by atoms with E-state index in [-0.39, 0.29) is 4.92 Å². The normalized spacial score (nSPS) is 12.8. The zero-order chi connectivity index (χ0) is 11.5. The largest absolute Gasteiger partial charge is 0.361 e. The first-order valence-corrected chi connectivity index (χ1v) is 5.41. The lowest BCUT2D eigenvalue weighted by atomic mass is 10.0. The molecule has 2 rings (SSSR count). The molecule has 1 aromatic heterocycles. The standard InChI is InChI=1S/C12H14N2O2/c1-2-10(14(15)16)7-9-8-13-12-6-4-3-5-11(9)12/h3-6,8,10,13H,2,7H2,1H3/t10-/m0/s1. The van der Waals surface area contributed by atoms with Crippen LogP contribution in [0.3, 0.4) is 0 Å². The summed E-state index contributed by atoms with van der Waals surface area (Å²) in [6, 6.07) is 7.39. The van der Waals surface area contributed by atoms with Crippen molar-refractivity contribution in [2.24, 2.45) is 0 Å². The van der Waals surface area contributed by atoms with Crippen molar-refractivity contribution in [1.29, 1.82) is 0 Å². The lowest BCUT2D eigenvalue weighted by Gasteiger charge is -2.05. The predicted molar refractivity (Wildman–Crippen MR) is 63.1 cm³/mol. The Labute approximate surface area is 93.4 Å². The van der Waals surface area contributed by atoms with Gasteiger partial charge in [0.25, 0.3) is 0 Å². The number of H-pyrrole nitrogens is 1. The minimum absolute atomic E-state index is 0.193. The summed E-state index contributed by atoms with van der Waals surface area (Å²) in [5, 5.41) is 11.9. The van der Waals surface area contributed by atoms with E-state index in [1.165, 1.54) is 0 Å². The van der Waals surface area contributed by atoms with E-state index in [1.54, 1.807) is 0 Å². The average Bonchev–Trinajstić information content (AvgIpc) is 2.69. The van der Waals surface area contributed by atoms with Crippen LogP contribution in [-0.4, -0.2) is 15.9 Å². The fraction of sp³-hybridized carbons (Fsp3) is 0.333.